The molecule has 0 saturated carbocycles. The summed E-state index contributed by atoms with van der Waals surface area (Å²) in [6.45, 7) is 3.89. The number of nitrogens with one attached hydrogen (secondary N) is 1. The van der Waals surface area contributed by atoms with Crippen LogP contribution in [0.5, 0.6) is 0 Å². The van der Waals surface area contributed by atoms with Gasteiger partial charge in [0.1, 0.15) is 12.2 Å². The first-order valence-electron chi connectivity index (χ1n) is 20.4. The van der Waals surface area contributed by atoms with Crippen LogP contribution in [0, 0.1) is 0 Å². The van der Waals surface area contributed by atoms with Crippen LogP contribution >= 0.6 is 0 Å². The fraction of sp³-hybridized carbons (Fsp3) is 0.833. The largest absolute Gasteiger partial charge is 0.394 e. The molecular weight excluding hydrogens is 598 g/mol. The second kappa shape index (κ2) is 36.8. The number of amides is 1. The van der Waals surface area contributed by atoms with E-state index in [2.05, 4.69) is 55.6 Å². The third kappa shape index (κ3) is 30.6. The summed E-state index contributed by atoms with van der Waals surface area (Å²) in [5, 5.41) is 43.3. The number of unbranched alkanes of at least 4 members (excludes halogenated alkanes) is 21. The van der Waals surface area contributed by atoms with Crippen molar-refractivity contribution < 1.29 is 25.2 Å². The molecule has 0 rings (SSSR count). The second-order valence-electron chi connectivity index (χ2n) is 13.9. The normalized spacial score (nSPS) is 14.7. The molecule has 0 heterocycles. The highest BCUT2D eigenvalue weighted by molar-refractivity contribution is 5.80. The summed E-state index contributed by atoms with van der Waals surface area (Å²) in [5.41, 5.74) is 0. The Balaban J connectivity index is 3.72. The van der Waals surface area contributed by atoms with Gasteiger partial charge in [0, 0.05) is 0 Å². The van der Waals surface area contributed by atoms with Gasteiger partial charge in [0.25, 0.3) is 0 Å². The lowest BCUT2D eigenvalue weighted by Gasteiger charge is -2.27. The Bertz CT molecular complexity index is 767. The molecular formula is C42H79NO5. The van der Waals surface area contributed by atoms with Gasteiger partial charge >= 0.3 is 0 Å². The Hall–Kier alpha value is -1.47. The number of hydrogen-bond donors (Lipinski definition) is 5. The van der Waals surface area contributed by atoms with Gasteiger partial charge < -0.3 is 25.7 Å². The maximum Gasteiger partial charge on any atom is 0.249 e. The first-order chi connectivity index (χ1) is 23.5. The van der Waals surface area contributed by atoms with Crippen molar-refractivity contribution >= 4 is 5.91 Å². The summed E-state index contributed by atoms with van der Waals surface area (Å²) in [4.78, 5) is 12.4. The highest BCUT2D eigenvalue weighted by Crippen LogP contribution is 2.15. The van der Waals surface area contributed by atoms with E-state index in [4.69, 9.17) is 0 Å². The highest BCUT2D eigenvalue weighted by Gasteiger charge is 2.28. The summed E-state index contributed by atoms with van der Waals surface area (Å²) >= 11 is 0. The van der Waals surface area contributed by atoms with Crippen LogP contribution in [0.1, 0.15) is 194 Å². The van der Waals surface area contributed by atoms with E-state index < -0.39 is 36.9 Å². The predicted molar refractivity (Wildman–Crippen MR) is 205 cm³/mol. The Morgan fingerprint density at radius 2 is 0.938 bits per heavy atom. The van der Waals surface area contributed by atoms with Crippen LogP contribution < -0.4 is 5.32 Å². The molecule has 0 spiro atoms. The SMILES string of the molecule is CC/C=C/CC/C=C/CCCC(O)C(O)C(CO)NC(=O)C(O)CCCCCCCCC/C=C\CCCCCCCCCCCCCC. The molecule has 0 bridgehead atoms. The minimum Gasteiger partial charge on any atom is -0.394 e. The summed E-state index contributed by atoms with van der Waals surface area (Å²) in [6, 6.07) is -1.01. The van der Waals surface area contributed by atoms with Crippen LogP contribution in [-0.2, 0) is 4.79 Å². The molecule has 4 atom stereocenters. The van der Waals surface area contributed by atoms with Crippen LogP contribution in [0.4, 0.5) is 0 Å². The molecule has 0 aliphatic heterocycles. The zero-order valence-electron chi connectivity index (χ0n) is 31.5. The number of rotatable bonds is 36. The number of hydrogen-bond acceptors (Lipinski definition) is 5. The highest BCUT2D eigenvalue weighted by atomic mass is 16.3. The standard InChI is InChI=1S/C42H79NO5/c1-3-5-7-9-11-13-14-15-16-17-18-19-20-21-22-23-24-25-26-28-30-32-34-36-40(46)42(48)43-38(37-44)41(47)39(45)35-33-31-29-27-12-10-8-6-4-2/h6,8,21-22,27,29,38-41,44-47H,3-5,7,9-20,23-26,28,30-37H2,1-2H3,(H,43,48)/b8-6+,22-21-,29-27+. The fourth-order valence-corrected chi connectivity index (χ4v) is 6.07. The summed E-state index contributed by atoms with van der Waals surface area (Å²) in [6.07, 6.45) is 42.0. The van der Waals surface area contributed by atoms with Crippen LogP contribution in [0.15, 0.2) is 36.5 Å². The van der Waals surface area contributed by atoms with E-state index in [0.29, 0.717) is 19.3 Å². The number of carbonyl (C=O) groups excluding carboxylic acids is 1. The molecule has 0 aromatic carbocycles. The molecule has 0 aromatic rings. The van der Waals surface area contributed by atoms with Gasteiger partial charge in [0.2, 0.25) is 5.91 Å². The third-order valence-corrected chi connectivity index (χ3v) is 9.31. The van der Waals surface area contributed by atoms with Crippen molar-refractivity contribution in [1.82, 2.24) is 5.32 Å². The van der Waals surface area contributed by atoms with Gasteiger partial charge in [-0.25, -0.2) is 0 Å². The first-order valence-corrected chi connectivity index (χ1v) is 20.4. The van der Waals surface area contributed by atoms with Gasteiger partial charge in [0.05, 0.1) is 18.8 Å². The van der Waals surface area contributed by atoms with Gasteiger partial charge in [-0.05, 0) is 70.6 Å². The fourth-order valence-electron chi connectivity index (χ4n) is 6.07. The summed E-state index contributed by atoms with van der Waals surface area (Å²) in [5.74, 6) is -0.604. The average molecular weight is 678 g/mol. The predicted octanol–water partition coefficient (Wildman–Crippen LogP) is 10.2. The van der Waals surface area contributed by atoms with E-state index in [1.54, 1.807) is 0 Å². The van der Waals surface area contributed by atoms with E-state index in [0.717, 1.165) is 44.9 Å². The van der Waals surface area contributed by atoms with Crippen LogP contribution in [0.25, 0.3) is 0 Å². The number of carbonyl (C=O) groups is 1. The maximum atomic E-state index is 12.4. The van der Waals surface area contributed by atoms with E-state index >= 15 is 0 Å². The molecule has 0 aliphatic rings. The minimum absolute atomic E-state index is 0.354. The molecule has 6 nitrogen and oxygen atoms in total. The molecule has 0 radical (unpaired) electrons. The molecule has 0 aromatic heterocycles. The first kappa shape index (κ1) is 46.5. The summed E-state index contributed by atoms with van der Waals surface area (Å²) in [7, 11) is 0. The zero-order valence-corrected chi connectivity index (χ0v) is 31.5. The lowest BCUT2D eigenvalue weighted by Crippen LogP contribution is -2.53. The number of allylic oxidation sites excluding steroid dienone is 6. The Morgan fingerprint density at radius 1 is 0.521 bits per heavy atom. The monoisotopic (exact) mass is 678 g/mol. The van der Waals surface area contributed by atoms with Crippen molar-refractivity contribution in [1.29, 1.82) is 0 Å². The van der Waals surface area contributed by atoms with Gasteiger partial charge in [0.15, 0.2) is 0 Å². The molecule has 48 heavy (non-hydrogen) atoms. The molecule has 0 fully saturated rings. The van der Waals surface area contributed by atoms with Crippen molar-refractivity contribution in [2.24, 2.45) is 0 Å². The van der Waals surface area contributed by atoms with Crippen molar-refractivity contribution in [3.05, 3.63) is 36.5 Å². The minimum atomic E-state index is -1.29. The number of aliphatic hydroxyl groups is 4. The zero-order chi connectivity index (χ0) is 35.3. The van der Waals surface area contributed by atoms with Gasteiger partial charge in [-0.1, -0.05) is 159 Å². The smallest absolute Gasteiger partial charge is 0.249 e. The van der Waals surface area contributed by atoms with E-state index in [9.17, 15) is 25.2 Å². The average Bonchev–Trinajstić information content (AvgIpc) is 3.09. The molecule has 4 unspecified atom stereocenters. The lowest BCUT2D eigenvalue weighted by molar-refractivity contribution is -0.132. The van der Waals surface area contributed by atoms with Crippen molar-refractivity contribution in [2.75, 3.05) is 6.61 Å². The molecule has 282 valence electrons. The van der Waals surface area contributed by atoms with E-state index in [1.807, 2.05) is 0 Å². The van der Waals surface area contributed by atoms with Gasteiger partial charge in [-0.2, -0.15) is 0 Å². The van der Waals surface area contributed by atoms with Crippen LogP contribution in [-0.4, -0.2) is 57.3 Å². The van der Waals surface area contributed by atoms with Crippen molar-refractivity contribution in [3.8, 4) is 0 Å². The molecule has 1 amide bonds. The molecule has 6 heteroatoms. The molecule has 0 aliphatic carbocycles. The van der Waals surface area contributed by atoms with E-state index in [-0.39, 0.29) is 0 Å². The Kier molecular flexibility index (Phi) is 35.7. The Labute approximate surface area is 297 Å². The van der Waals surface area contributed by atoms with Crippen LogP contribution in [0.2, 0.25) is 0 Å². The number of aliphatic hydroxyl groups excluding tert-OH is 4. The van der Waals surface area contributed by atoms with Crippen molar-refractivity contribution in [2.45, 2.75) is 218 Å². The third-order valence-electron chi connectivity index (χ3n) is 9.31. The van der Waals surface area contributed by atoms with Gasteiger partial charge in [-0.3, -0.25) is 4.79 Å². The van der Waals surface area contributed by atoms with E-state index in [1.165, 1.54) is 116 Å². The topological polar surface area (TPSA) is 110 Å². The second-order valence-corrected chi connectivity index (χ2v) is 13.9. The van der Waals surface area contributed by atoms with Crippen LogP contribution in [0.3, 0.4) is 0 Å². The quantitative estimate of drug-likeness (QED) is 0.0335. The molecule has 5 N–H and O–H groups in total. The summed E-state index contributed by atoms with van der Waals surface area (Å²) < 4.78 is 0. The van der Waals surface area contributed by atoms with Crippen molar-refractivity contribution in [3.63, 3.8) is 0 Å². The van der Waals surface area contributed by atoms with Gasteiger partial charge in [-0.15, -0.1) is 0 Å². The molecule has 0 saturated heterocycles. The maximum absolute atomic E-state index is 12.4. The Morgan fingerprint density at radius 3 is 1.42 bits per heavy atom. The lowest BCUT2D eigenvalue weighted by atomic mass is 10.00.